The van der Waals surface area contributed by atoms with E-state index in [-0.39, 0.29) is 18.0 Å². The standard InChI is InChI=1S/C13H16F3N7O2/c1-6(13(14,15)16)25-12-18-10-9(20-22-21-10)11(19-12)23-3-2-7(5-23)4-8(17)24/h6-7H,2-5H2,1H3,(H2,17,24)(H,18,19,20,21,22)/t6-,7-/m0/s1. The first-order valence-corrected chi connectivity index (χ1v) is 7.59. The van der Waals surface area contributed by atoms with E-state index >= 15 is 0 Å². The highest BCUT2D eigenvalue weighted by Gasteiger charge is 2.39. The number of amides is 1. The summed E-state index contributed by atoms with van der Waals surface area (Å²) in [5.74, 6) is -0.0351. The average molecular weight is 359 g/mol. The predicted molar refractivity (Wildman–Crippen MR) is 79.8 cm³/mol. The first kappa shape index (κ1) is 17.2. The van der Waals surface area contributed by atoms with Gasteiger partial charge in [0.2, 0.25) is 11.6 Å². The number of hydrogen-bond donors (Lipinski definition) is 2. The maximum absolute atomic E-state index is 12.7. The van der Waals surface area contributed by atoms with Crippen molar-refractivity contribution in [1.82, 2.24) is 25.4 Å². The van der Waals surface area contributed by atoms with Crippen molar-refractivity contribution in [3.63, 3.8) is 0 Å². The van der Waals surface area contributed by atoms with Crippen molar-refractivity contribution in [3.8, 4) is 6.01 Å². The predicted octanol–water partition coefficient (Wildman–Crippen LogP) is 0.779. The molecule has 2 atom stereocenters. The molecule has 25 heavy (non-hydrogen) atoms. The van der Waals surface area contributed by atoms with E-state index in [0.717, 1.165) is 6.92 Å². The molecule has 2 aromatic rings. The van der Waals surface area contributed by atoms with Gasteiger partial charge in [-0.05, 0) is 19.3 Å². The summed E-state index contributed by atoms with van der Waals surface area (Å²) < 4.78 is 42.9. The summed E-state index contributed by atoms with van der Waals surface area (Å²) in [5, 5.41) is 10.1. The molecule has 3 N–H and O–H groups in total. The molecule has 0 unspecified atom stereocenters. The fourth-order valence-corrected chi connectivity index (χ4v) is 2.69. The molecular formula is C13H16F3N7O2. The third-order valence-corrected chi connectivity index (χ3v) is 3.96. The van der Waals surface area contributed by atoms with Crippen LogP contribution in [-0.4, -0.2) is 56.7 Å². The van der Waals surface area contributed by atoms with Gasteiger partial charge in [-0.3, -0.25) is 4.79 Å². The molecule has 1 saturated heterocycles. The Morgan fingerprint density at radius 3 is 2.88 bits per heavy atom. The number of anilines is 1. The van der Waals surface area contributed by atoms with Gasteiger partial charge < -0.3 is 15.4 Å². The van der Waals surface area contributed by atoms with Crippen molar-refractivity contribution in [2.45, 2.75) is 32.0 Å². The minimum atomic E-state index is -4.54. The number of nitrogens with zero attached hydrogens (tertiary/aromatic N) is 5. The van der Waals surface area contributed by atoms with Crippen LogP contribution in [0.1, 0.15) is 19.8 Å². The number of carbonyl (C=O) groups excluding carboxylic acids is 1. The zero-order valence-electron chi connectivity index (χ0n) is 13.2. The zero-order valence-corrected chi connectivity index (χ0v) is 13.2. The second kappa shape index (κ2) is 6.33. The van der Waals surface area contributed by atoms with Crippen molar-refractivity contribution >= 4 is 22.9 Å². The molecule has 1 aliphatic rings. The number of alkyl halides is 3. The van der Waals surface area contributed by atoms with Crippen LogP contribution in [0.25, 0.3) is 11.2 Å². The van der Waals surface area contributed by atoms with Crippen LogP contribution in [0.15, 0.2) is 0 Å². The summed E-state index contributed by atoms with van der Waals surface area (Å²) in [7, 11) is 0. The molecular weight excluding hydrogens is 343 g/mol. The molecule has 12 heteroatoms. The number of ether oxygens (including phenoxy) is 1. The van der Waals surface area contributed by atoms with Gasteiger partial charge in [-0.25, -0.2) is 0 Å². The molecule has 0 aromatic carbocycles. The number of hydrogen-bond acceptors (Lipinski definition) is 7. The second-order valence-electron chi connectivity index (χ2n) is 5.90. The highest BCUT2D eigenvalue weighted by molar-refractivity contribution is 5.83. The Balaban J connectivity index is 1.87. The topological polar surface area (TPSA) is 123 Å². The van der Waals surface area contributed by atoms with Crippen LogP contribution < -0.4 is 15.4 Å². The first-order valence-electron chi connectivity index (χ1n) is 7.59. The van der Waals surface area contributed by atoms with Gasteiger partial charge >= 0.3 is 12.2 Å². The van der Waals surface area contributed by atoms with Gasteiger partial charge in [0.05, 0.1) is 0 Å². The smallest absolute Gasteiger partial charge is 0.425 e. The van der Waals surface area contributed by atoms with Gasteiger partial charge in [-0.1, -0.05) is 0 Å². The molecule has 0 bridgehead atoms. The number of nitrogens with two attached hydrogens (primary N) is 1. The van der Waals surface area contributed by atoms with E-state index in [1.54, 1.807) is 0 Å². The lowest BCUT2D eigenvalue weighted by Gasteiger charge is -2.20. The van der Waals surface area contributed by atoms with Gasteiger partial charge in [-0.15, -0.1) is 5.10 Å². The normalized spacial score (nSPS) is 19.4. The number of nitrogens with one attached hydrogen (secondary N) is 1. The number of primary amides is 1. The number of aromatic nitrogens is 5. The third kappa shape index (κ3) is 3.72. The summed E-state index contributed by atoms with van der Waals surface area (Å²) in [4.78, 5) is 20.8. The Bertz CT molecular complexity index is 779. The maximum Gasteiger partial charge on any atom is 0.425 e. The summed E-state index contributed by atoms with van der Waals surface area (Å²) in [6, 6.07) is -0.431. The fourth-order valence-electron chi connectivity index (χ4n) is 2.69. The van der Waals surface area contributed by atoms with Crippen LogP contribution in [0, 0.1) is 5.92 Å². The monoisotopic (exact) mass is 359 g/mol. The van der Waals surface area contributed by atoms with E-state index in [1.807, 2.05) is 4.90 Å². The first-order chi connectivity index (χ1) is 11.7. The molecule has 1 fully saturated rings. The molecule has 2 aromatic heterocycles. The van der Waals surface area contributed by atoms with Crippen LogP contribution in [-0.2, 0) is 4.79 Å². The van der Waals surface area contributed by atoms with Crippen LogP contribution in [0.4, 0.5) is 19.0 Å². The lowest BCUT2D eigenvalue weighted by Crippen LogP contribution is -2.32. The molecule has 3 heterocycles. The quantitative estimate of drug-likeness (QED) is 0.808. The Morgan fingerprint density at radius 1 is 1.44 bits per heavy atom. The summed E-state index contributed by atoms with van der Waals surface area (Å²) >= 11 is 0. The van der Waals surface area contributed by atoms with E-state index in [1.165, 1.54) is 0 Å². The van der Waals surface area contributed by atoms with Crippen molar-refractivity contribution in [2.75, 3.05) is 18.0 Å². The maximum atomic E-state index is 12.7. The average Bonchev–Trinajstić information content (AvgIpc) is 3.13. The molecule has 0 radical (unpaired) electrons. The van der Waals surface area contributed by atoms with Gasteiger partial charge in [0, 0.05) is 19.5 Å². The minimum Gasteiger partial charge on any atom is -0.451 e. The van der Waals surface area contributed by atoms with Gasteiger partial charge in [0.15, 0.2) is 17.4 Å². The fraction of sp³-hybridized carbons (Fsp3) is 0.615. The Morgan fingerprint density at radius 2 is 2.20 bits per heavy atom. The van der Waals surface area contributed by atoms with Crippen molar-refractivity contribution in [1.29, 1.82) is 0 Å². The van der Waals surface area contributed by atoms with Gasteiger partial charge in [0.1, 0.15) is 0 Å². The molecule has 3 rings (SSSR count). The number of fused-ring (bicyclic) bond motifs is 1. The summed E-state index contributed by atoms with van der Waals surface area (Å²) in [5.41, 5.74) is 5.64. The highest BCUT2D eigenvalue weighted by Crippen LogP contribution is 2.30. The lowest BCUT2D eigenvalue weighted by atomic mass is 10.1. The molecule has 9 nitrogen and oxygen atoms in total. The molecule has 1 amide bonds. The molecule has 0 spiro atoms. The minimum absolute atomic E-state index is 0.0490. The van der Waals surface area contributed by atoms with Crippen LogP contribution in [0.2, 0.25) is 0 Å². The largest absolute Gasteiger partial charge is 0.451 e. The molecule has 0 aliphatic carbocycles. The number of aromatic amines is 1. The Hall–Kier alpha value is -2.66. The zero-order chi connectivity index (χ0) is 18.2. The third-order valence-electron chi connectivity index (χ3n) is 3.96. The van der Waals surface area contributed by atoms with E-state index in [0.29, 0.717) is 30.8 Å². The van der Waals surface area contributed by atoms with Crippen LogP contribution in [0.3, 0.4) is 0 Å². The number of H-pyrrole nitrogens is 1. The Kier molecular flexibility index (Phi) is 4.35. The van der Waals surface area contributed by atoms with Crippen molar-refractivity contribution in [2.24, 2.45) is 11.7 Å². The van der Waals surface area contributed by atoms with E-state index < -0.39 is 24.2 Å². The number of halogens is 3. The molecule has 0 saturated carbocycles. The summed E-state index contributed by atoms with van der Waals surface area (Å²) in [6.07, 6.45) is -5.66. The van der Waals surface area contributed by atoms with Crippen molar-refractivity contribution < 1.29 is 22.7 Å². The lowest BCUT2D eigenvalue weighted by molar-refractivity contribution is -0.190. The number of carbonyl (C=O) groups is 1. The summed E-state index contributed by atoms with van der Waals surface area (Å²) in [6.45, 7) is 1.91. The molecule has 1 aliphatic heterocycles. The van der Waals surface area contributed by atoms with Crippen molar-refractivity contribution in [3.05, 3.63) is 0 Å². The van der Waals surface area contributed by atoms with E-state index in [2.05, 4.69) is 25.4 Å². The van der Waals surface area contributed by atoms with Gasteiger partial charge in [0.25, 0.3) is 0 Å². The highest BCUT2D eigenvalue weighted by atomic mass is 19.4. The number of rotatable bonds is 5. The van der Waals surface area contributed by atoms with E-state index in [9.17, 15) is 18.0 Å². The second-order valence-corrected chi connectivity index (χ2v) is 5.90. The SMILES string of the molecule is C[C@H](Oc1nc(N2CC[C@@H](CC(N)=O)C2)c2n[nH]nc2n1)C(F)(F)F. The van der Waals surface area contributed by atoms with Crippen LogP contribution >= 0.6 is 0 Å². The van der Waals surface area contributed by atoms with E-state index in [4.69, 9.17) is 10.5 Å². The molecule has 136 valence electrons. The Labute approximate surface area is 139 Å². The van der Waals surface area contributed by atoms with Crippen LogP contribution in [0.5, 0.6) is 6.01 Å². The van der Waals surface area contributed by atoms with Gasteiger partial charge in [-0.2, -0.15) is 33.5 Å².